The number of piperidine rings is 1. The van der Waals surface area contributed by atoms with Crippen molar-refractivity contribution in [2.75, 3.05) is 6.54 Å². The fourth-order valence-corrected chi connectivity index (χ4v) is 7.64. The van der Waals surface area contributed by atoms with Gasteiger partial charge in [-0.2, -0.15) is 0 Å². The Labute approximate surface area is 272 Å². The summed E-state index contributed by atoms with van der Waals surface area (Å²) in [5, 5.41) is 8.55. The number of hydrogen-bond acceptors (Lipinski definition) is 6. The van der Waals surface area contributed by atoms with Gasteiger partial charge in [-0.05, 0) is 42.4 Å². The number of nitrogens with two attached hydrogens (primary N) is 1. The summed E-state index contributed by atoms with van der Waals surface area (Å²) in [6.45, 7) is 7.99. The zero-order valence-electron chi connectivity index (χ0n) is 27.9. The van der Waals surface area contributed by atoms with E-state index in [4.69, 9.17) is 5.73 Å². The smallest absolute Gasteiger partial charge is 0.287 e. The molecule has 1 aliphatic heterocycles. The van der Waals surface area contributed by atoms with Crippen molar-refractivity contribution in [3.05, 3.63) is 24.3 Å². The first-order valence-corrected chi connectivity index (χ1v) is 17.2. The van der Waals surface area contributed by atoms with E-state index in [1.165, 1.54) is 6.92 Å². The number of allylic oxidation sites excluding steroid dienone is 3. The van der Waals surface area contributed by atoms with Gasteiger partial charge in [-0.3, -0.25) is 28.8 Å². The zero-order chi connectivity index (χ0) is 33.6. The lowest BCUT2D eigenvalue weighted by molar-refractivity contribution is -0.145. The van der Waals surface area contributed by atoms with Crippen molar-refractivity contribution in [2.45, 2.75) is 122 Å². The van der Waals surface area contributed by atoms with E-state index in [1.807, 2.05) is 24.3 Å². The number of Topliss-reactive ketones (excluding diaryl/α,β-unsaturated/α-hetero) is 1. The van der Waals surface area contributed by atoms with Crippen LogP contribution in [0.3, 0.4) is 0 Å². The van der Waals surface area contributed by atoms with Crippen LogP contribution in [0.5, 0.6) is 0 Å². The Balaban J connectivity index is 1.55. The standard InChI is InChI=1S/C35H53N5O6/c1-5-6-7-8-12-18-25(38-32(44)28(37-21(2)41)23-16-10-9-11-17-23)34(46)40-20-24-27(35(24,3)4)29(40)33(45)39-26(30(42)31(36)43)19-22-14-13-15-22/h9-11,16,22-29H,5-8,12-15,17-20H2,1-4H3,(H2,36,43)(H,37,41)(H,38,44)(H,39,45)/t23?,24-,25-,26?,27-,28-,29-/m0/s1. The molecule has 4 aliphatic rings. The second-order valence-electron chi connectivity index (χ2n) is 14.4. The molecule has 5 amide bonds. The number of hydrogen-bond donors (Lipinski definition) is 4. The highest BCUT2D eigenvalue weighted by molar-refractivity contribution is 6.37. The van der Waals surface area contributed by atoms with Crippen LogP contribution in [0.2, 0.25) is 0 Å². The number of likely N-dealkylation sites (tertiary alicyclic amines) is 1. The number of nitrogens with one attached hydrogen (secondary N) is 3. The van der Waals surface area contributed by atoms with Crippen molar-refractivity contribution >= 4 is 35.3 Å². The minimum atomic E-state index is -1.09. The van der Waals surface area contributed by atoms with Crippen LogP contribution in [0.25, 0.3) is 0 Å². The van der Waals surface area contributed by atoms with Crippen molar-refractivity contribution in [2.24, 2.45) is 34.8 Å². The Morgan fingerprint density at radius 2 is 1.67 bits per heavy atom. The lowest BCUT2D eigenvalue weighted by Crippen LogP contribution is -2.60. The molecule has 3 aliphatic carbocycles. The van der Waals surface area contributed by atoms with E-state index >= 15 is 0 Å². The molecule has 254 valence electrons. The summed E-state index contributed by atoms with van der Waals surface area (Å²) in [7, 11) is 0. The van der Waals surface area contributed by atoms with Crippen LogP contribution in [-0.4, -0.2) is 70.9 Å². The number of rotatable bonds is 17. The third-order valence-corrected chi connectivity index (χ3v) is 10.7. The van der Waals surface area contributed by atoms with E-state index in [0.29, 0.717) is 32.2 Å². The molecule has 3 fully saturated rings. The Bertz CT molecular complexity index is 1240. The lowest BCUT2D eigenvalue weighted by Gasteiger charge is -2.35. The molecule has 0 spiro atoms. The molecule has 2 saturated carbocycles. The molecule has 4 rings (SSSR count). The molecule has 1 heterocycles. The van der Waals surface area contributed by atoms with E-state index in [-0.39, 0.29) is 40.9 Å². The van der Waals surface area contributed by atoms with Crippen molar-refractivity contribution in [3.63, 3.8) is 0 Å². The molecule has 0 aromatic heterocycles. The number of carbonyl (C=O) groups excluding carboxylic acids is 6. The van der Waals surface area contributed by atoms with Crippen molar-refractivity contribution < 1.29 is 28.8 Å². The van der Waals surface area contributed by atoms with Gasteiger partial charge >= 0.3 is 0 Å². The highest BCUT2D eigenvalue weighted by Gasteiger charge is 2.69. The number of amides is 5. The van der Waals surface area contributed by atoms with Gasteiger partial charge in [-0.1, -0.05) is 96.4 Å². The third kappa shape index (κ3) is 8.25. The lowest BCUT2D eigenvalue weighted by atomic mass is 9.80. The second-order valence-corrected chi connectivity index (χ2v) is 14.4. The summed E-state index contributed by atoms with van der Waals surface area (Å²) in [5.41, 5.74) is 5.17. The van der Waals surface area contributed by atoms with E-state index < -0.39 is 47.7 Å². The van der Waals surface area contributed by atoms with Gasteiger partial charge in [0.15, 0.2) is 0 Å². The molecule has 11 nitrogen and oxygen atoms in total. The van der Waals surface area contributed by atoms with Crippen molar-refractivity contribution in [1.82, 2.24) is 20.9 Å². The number of carbonyl (C=O) groups is 6. The fraction of sp³-hybridized carbons (Fsp3) is 0.714. The van der Waals surface area contributed by atoms with E-state index in [0.717, 1.165) is 44.9 Å². The first kappa shape index (κ1) is 35.4. The van der Waals surface area contributed by atoms with Gasteiger partial charge in [0.25, 0.3) is 5.91 Å². The highest BCUT2D eigenvalue weighted by Crippen LogP contribution is 2.65. The molecule has 0 aromatic carbocycles. The quantitative estimate of drug-likeness (QED) is 0.141. The normalized spacial score (nSPS) is 26.2. The van der Waals surface area contributed by atoms with E-state index in [9.17, 15) is 28.8 Å². The monoisotopic (exact) mass is 639 g/mol. The SMILES string of the molecule is CCCCCCC[C@H](NC(=O)[C@@H](NC(C)=O)C1C=CC=CC1)C(=O)N1C[C@H]2[C@@H]([C@H]1C(=O)NC(CC1CCC1)C(=O)C(N)=O)C2(C)C. The average molecular weight is 640 g/mol. The molecule has 0 radical (unpaired) electrons. The number of unbranched alkanes of at least 4 members (excludes halogenated alkanes) is 4. The van der Waals surface area contributed by atoms with Crippen LogP contribution in [0, 0.1) is 29.1 Å². The van der Waals surface area contributed by atoms with Crippen LogP contribution in [0.15, 0.2) is 24.3 Å². The largest absolute Gasteiger partial charge is 0.363 e. The van der Waals surface area contributed by atoms with Gasteiger partial charge in [0, 0.05) is 19.4 Å². The summed E-state index contributed by atoms with van der Waals surface area (Å²) < 4.78 is 0. The van der Waals surface area contributed by atoms with Gasteiger partial charge in [0.1, 0.15) is 18.1 Å². The Morgan fingerprint density at radius 1 is 0.957 bits per heavy atom. The molecule has 1 saturated heterocycles. The molecule has 7 atom stereocenters. The maximum atomic E-state index is 14.4. The maximum Gasteiger partial charge on any atom is 0.287 e. The first-order chi connectivity index (χ1) is 21.9. The summed E-state index contributed by atoms with van der Waals surface area (Å²) in [5.74, 6) is -3.55. The molecule has 0 aromatic rings. The van der Waals surface area contributed by atoms with Gasteiger partial charge < -0.3 is 26.6 Å². The zero-order valence-corrected chi connectivity index (χ0v) is 27.9. The predicted molar refractivity (Wildman–Crippen MR) is 174 cm³/mol. The van der Waals surface area contributed by atoms with Crippen molar-refractivity contribution in [3.8, 4) is 0 Å². The fourth-order valence-electron chi connectivity index (χ4n) is 7.64. The topological polar surface area (TPSA) is 168 Å². The number of nitrogens with zero attached hydrogens (tertiary/aromatic N) is 1. The van der Waals surface area contributed by atoms with Crippen LogP contribution < -0.4 is 21.7 Å². The number of ketones is 1. The van der Waals surface area contributed by atoms with Crippen LogP contribution in [-0.2, 0) is 28.8 Å². The molecule has 2 unspecified atom stereocenters. The van der Waals surface area contributed by atoms with Gasteiger partial charge in [-0.25, -0.2) is 0 Å². The molecule has 46 heavy (non-hydrogen) atoms. The Kier molecular flexibility index (Phi) is 11.8. The van der Waals surface area contributed by atoms with Crippen LogP contribution in [0.1, 0.15) is 98.3 Å². The molecular formula is C35H53N5O6. The van der Waals surface area contributed by atoms with Gasteiger partial charge in [-0.15, -0.1) is 0 Å². The molecular weight excluding hydrogens is 586 g/mol. The third-order valence-electron chi connectivity index (χ3n) is 10.7. The van der Waals surface area contributed by atoms with E-state index in [1.54, 1.807) is 4.90 Å². The number of primary amides is 1. The maximum absolute atomic E-state index is 14.4. The highest BCUT2D eigenvalue weighted by atomic mass is 16.2. The first-order valence-electron chi connectivity index (χ1n) is 17.2. The number of fused-ring (bicyclic) bond motifs is 1. The summed E-state index contributed by atoms with van der Waals surface area (Å²) >= 11 is 0. The second kappa shape index (κ2) is 15.4. The van der Waals surface area contributed by atoms with Gasteiger partial charge in [0.2, 0.25) is 29.4 Å². The summed E-state index contributed by atoms with van der Waals surface area (Å²) in [6.07, 6.45) is 16.5. The summed E-state index contributed by atoms with van der Waals surface area (Å²) in [6, 6.07) is -3.61. The minimum absolute atomic E-state index is 0.0938. The Morgan fingerprint density at radius 3 is 2.26 bits per heavy atom. The molecule has 0 bridgehead atoms. The molecule has 5 N–H and O–H groups in total. The van der Waals surface area contributed by atoms with Crippen LogP contribution in [0.4, 0.5) is 0 Å². The molecule has 11 heteroatoms. The Hall–Kier alpha value is -3.50. The van der Waals surface area contributed by atoms with Gasteiger partial charge in [0.05, 0.1) is 6.04 Å². The average Bonchev–Trinajstić information content (AvgIpc) is 3.31. The predicted octanol–water partition coefficient (Wildman–Crippen LogP) is 2.68. The minimum Gasteiger partial charge on any atom is -0.363 e. The van der Waals surface area contributed by atoms with Crippen molar-refractivity contribution in [1.29, 1.82) is 0 Å². The van der Waals surface area contributed by atoms with Crippen LogP contribution >= 0.6 is 0 Å². The summed E-state index contributed by atoms with van der Waals surface area (Å²) in [4.78, 5) is 80.3. The van der Waals surface area contributed by atoms with E-state index in [2.05, 4.69) is 36.7 Å².